The van der Waals surface area contributed by atoms with Gasteiger partial charge in [-0.3, -0.25) is 0 Å². The summed E-state index contributed by atoms with van der Waals surface area (Å²) in [6.07, 6.45) is 2.14. The molecule has 0 aliphatic rings. The van der Waals surface area contributed by atoms with E-state index < -0.39 is 0 Å². The maximum absolute atomic E-state index is 9.06. The summed E-state index contributed by atoms with van der Waals surface area (Å²) in [5.74, 6) is 0.287. The molecule has 0 fully saturated rings. The van der Waals surface area contributed by atoms with E-state index in [0.29, 0.717) is 0 Å². The van der Waals surface area contributed by atoms with Gasteiger partial charge in [0.1, 0.15) is 5.75 Å². The molecule has 0 saturated heterocycles. The van der Waals surface area contributed by atoms with Crippen molar-refractivity contribution in [2.75, 3.05) is 0 Å². The van der Waals surface area contributed by atoms with Crippen molar-refractivity contribution in [1.29, 1.82) is 0 Å². The molecule has 0 saturated carbocycles. The number of phenolic OH excluding ortho intramolecular Hbond substituents is 1. The van der Waals surface area contributed by atoms with E-state index in [1.807, 2.05) is 6.07 Å². The molecule has 60 valence electrons. The van der Waals surface area contributed by atoms with Crippen LogP contribution in [0, 0.1) is 0 Å². The zero-order valence-corrected chi connectivity index (χ0v) is 7.44. The first-order chi connectivity index (χ1) is 5.24. The molecule has 0 aromatic heterocycles. The Morgan fingerprint density at radius 1 is 1.45 bits per heavy atom. The number of phenols is 1. The summed E-state index contributed by atoms with van der Waals surface area (Å²) in [6, 6.07) is 5.29. The number of benzene rings is 1. The number of rotatable bonds is 2. The molecule has 0 unspecified atom stereocenters. The average Bonchev–Trinajstić information content (AvgIpc) is 1.95. The first-order valence-electron chi connectivity index (χ1n) is 3.75. The van der Waals surface area contributed by atoms with Crippen molar-refractivity contribution in [1.82, 2.24) is 0 Å². The van der Waals surface area contributed by atoms with Gasteiger partial charge >= 0.3 is 0 Å². The Kier molecular flexibility index (Phi) is 2.83. The number of hydrogen-bond acceptors (Lipinski definition) is 2. The van der Waals surface area contributed by atoms with Crippen molar-refractivity contribution in [3.8, 4) is 5.75 Å². The minimum Gasteiger partial charge on any atom is -0.508 e. The van der Waals surface area contributed by atoms with Crippen LogP contribution in [0.1, 0.15) is 18.9 Å². The average molecular weight is 168 g/mol. The number of thiol groups is 1. The molecule has 1 aromatic rings. The van der Waals surface area contributed by atoms with Crippen LogP contribution in [0.2, 0.25) is 0 Å². The molecule has 0 spiro atoms. The summed E-state index contributed by atoms with van der Waals surface area (Å²) < 4.78 is 0. The zero-order chi connectivity index (χ0) is 8.27. The van der Waals surface area contributed by atoms with E-state index in [9.17, 15) is 0 Å². The fourth-order valence-corrected chi connectivity index (χ4v) is 1.35. The van der Waals surface area contributed by atoms with Crippen molar-refractivity contribution in [2.24, 2.45) is 0 Å². The van der Waals surface area contributed by atoms with E-state index in [0.717, 1.165) is 17.7 Å². The van der Waals surface area contributed by atoms with Crippen molar-refractivity contribution in [2.45, 2.75) is 24.7 Å². The first-order valence-corrected chi connectivity index (χ1v) is 4.19. The maximum atomic E-state index is 9.06. The highest BCUT2D eigenvalue weighted by atomic mass is 32.1. The van der Waals surface area contributed by atoms with Gasteiger partial charge in [0.25, 0.3) is 0 Å². The van der Waals surface area contributed by atoms with E-state index in [-0.39, 0.29) is 5.75 Å². The van der Waals surface area contributed by atoms with E-state index in [4.69, 9.17) is 5.11 Å². The topological polar surface area (TPSA) is 20.2 Å². The third-order valence-electron chi connectivity index (χ3n) is 1.59. The van der Waals surface area contributed by atoms with Gasteiger partial charge in [-0.05, 0) is 24.1 Å². The molecular weight excluding hydrogens is 156 g/mol. The normalized spacial score (nSPS) is 10.0. The molecule has 0 radical (unpaired) electrons. The second-order valence-corrected chi connectivity index (χ2v) is 3.04. The molecule has 0 heterocycles. The minimum absolute atomic E-state index is 0.287. The van der Waals surface area contributed by atoms with E-state index in [1.54, 1.807) is 12.1 Å². The lowest BCUT2D eigenvalue weighted by Gasteiger charge is -2.02. The van der Waals surface area contributed by atoms with Crippen LogP contribution in [0.4, 0.5) is 0 Å². The Balaban J connectivity index is 2.90. The summed E-state index contributed by atoms with van der Waals surface area (Å²) in [6.45, 7) is 2.13. The third-order valence-corrected chi connectivity index (χ3v) is 2.00. The van der Waals surface area contributed by atoms with Gasteiger partial charge in [-0.2, -0.15) is 0 Å². The number of hydrogen-bond donors (Lipinski definition) is 2. The SMILES string of the molecule is CCCc1ccc(O)cc1S. The van der Waals surface area contributed by atoms with Crippen LogP contribution in [0.25, 0.3) is 0 Å². The predicted molar refractivity (Wildman–Crippen MR) is 49.4 cm³/mol. The van der Waals surface area contributed by atoms with Gasteiger partial charge in [0.2, 0.25) is 0 Å². The fourth-order valence-electron chi connectivity index (χ4n) is 1.03. The molecule has 1 aromatic carbocycles. The first kappa shape index (κ1) is 8.47. The van der Waals surface area contributed by atoms with Gasteiger partial charge in [0, 0.05) is 4.90 Å². The molecule has 0 aliphatic carbocycles. The largest absolute Gasteiger partial charge is 0.508 e. The highest BCUT2D eigenvalue weighted by Gasteiger charge is 1.97. The number of aromatic hydroxyl groups is 1. The standard InChI is InChI=1S/C9H12OS/c1-2-3-7-4-5-8(10)6-9(7)11/h4-6,10-11H,2-3H2,1H3. The van der Waals surface area contributed by atoms with Crippen LogP contribution in [-0.4, -0.2) is 5.11 Å². The van der Waals surface area contributed by atoms with Gasteiger partial charge in [-0.25, -0.2) is 0 Å². The van der Waals surface area contributed by atoms with Gasteiger partial charge in [-0.15, -0.1) is 12.6 Å². The molecule has 0 atom stereocenters. The van der Waals surface area contributed by atoms with Crippen LogP contribution < -0.4 is 0 Å². The van der Waals surface area contributed by atoms with Crippen molar-refractivity contribution in [3.05, 3.63) is 23.8 Å². The van der Waals surface area contributed by atoms with Crippen molar-refractivity contribution in [3.63, 3.8) is 0 Å². The Morgan fingerprint density at radius 2 is 2.18 bits per heavy atom. The Bertz CT molecular complexity index is 245. The van der Waals surface area contributed by atoms with Crippen molar-refractivity contribution >= 4 is 12.6 Å². The van der Waals surface area contributed by atoms with Gasteiger partial charge in [0.05, 0.1) is 0 Å². The van der Waals surface area contributed by atoms with E-state index >= 15 is 0 Å². The summed E-state index contributed by atoms with van der Waals surface area (Å²) in [4.78, 5) is 0.881. The quantitative estimate of drug-likeness (QED) is 0.650. The third kappa shape index (κ3) is 2.15. The van der Waals surface area contributed by atoms with Crippen molar-refractivity contribution < 1.29 is 5.11 Å². The predicted octanol–water partition coefficient (Wildman–Crippen LogP) is 2.63. The number of aryl methyl sites for hydroxylation is 1. The monoisotopic (exact) mass is 168 g/mol. The summed E-state index contributed by atoms with van der Waals surface area (Å²) in [5, 5.41) is 9.06. The van der Waals surface area contributed by atoms with Crippen LogP contribution in [0.5, 0.6) is 5.75 Å². The molecule has 1 nitrogen and oxygen atoms in total. The summed E-state index contributed by atoms with van der Waals surface area (Å²) >= 11 is 4.24. The maximum Gasteiger partial charge on any atom is 0.116 e. The minimum atomic E-state index is 0.287. The van der Waals surface area contributed by atoms with Gasteiger partial charge in [-0.1, -0.05) is 19.4 Å². The second kappa shape index (κ2) is 3.67. The molecule has 11 heavy (non-hydrogen) atoms. The van der Waals surface area contributed by atoms with Crippen LogP contribution in [0.15, 0.2) is 23.1 Å². The highest BCUT2D eigenvalue weighted by molar-refractivity contribution is 7.80. The zero-order valence-electron chi connectivity index (χ0n) is 6.54. The Morgan fingerprint density at radius 3 is 2.73 bits per heavy atom. The Labute approximate surface area is 72.5 Å². The van der Waals surface area contributed by atoms with Gasteiger partial charge < -0.3 is 5.11 Å². The lowest BCUT2D eigenvalue weighted by molar-refractivity contribution is 0.473. The van der Waals surface area contributed by atoms with E-state index in [1.165, 1.54) is 5.56 Å². The second-order valence-electron chi connectivity index (χ2n) is 2.56. The van der Waals surface area contributed by atoms with Crippen LogP contribution in [-0.2, 0) is 6.42 Å². The molecule has 2 heteroatoms. The fraction of sp³-hybridized carbons (Fsp3) is 0.333. The molecule has 1 rings (SSSR count). The highest BCUT2D eigenvalue weighted by Crippen LogP contribution is 2.20. The lowest BCUT2D eigenvalue weighted by Crippen LogP contribution is -1.84. The van der Waals surface area contributed by atoms with Gasteiger partial charge in [0.15, 0.2) is 0 Å². The lowest BCUT2D eigenvalue weighted by atomic mass is 10.1. The molecule has 0 bridgehead atoms. The molecule has 1 N–H and O–H groups in total. The Hall–Kier alpha value is -0.630. The van der Waals surface area contributed by atoms with Crippen LogP contribution in [0.3, 0.4) is 0 Å². The smallest absolute Gasteiger partial charge is 0.116 e. The van der Waals surface area contributed by atoms with E-state index in [2.05, 4.69) is 19.6 Å². The molecule has 0 aliphatic heterocycles. The summed E-state index contributed by atoms with van der Waals surface area (Å²) in [5.41, 5.74) is 1.20. The molecular formula is C9H12OS. The van der Waals surface area contributed by atoms with Crippen LogP contribution >= 0.6 is 12.6 Å². The molecule has 0 amide bonds. The summed E-state index contributed by atoms with van der Waals surface area (Å²) in [7, 11) is 0.